The van der Waals surface area contributed by atoms with Gasteiger partial charge in [-0.2, -0.15) is 0 Å². The summed E-state index contributed by atoms with van der Waals surface area (Å²) in [6.07, 6.45) is 0. The second kappa shape index (κ2) is 8.43. The second-order valence-corrected chi connectivity index (χ2v) is 3.91. The largest absolute Gasteiger partial charge is 0.496 e. The first-order valence-electron chi connectivity index (χ1n) is 4.77. The molecule has 1 aromatic rings. The first kappa shape index (κ1) is 16.3. The number of alkyl halides is 1. The van der Waals surface area contributed by atoms with Crippen LogP contribution in [0.3, 0.4) is 0 Å². The zero-order valence-electron chi connectivity index (χ0n) is 9.31. The Kier molecular flexibility index (Phi) is 8.11. The minimum Gasteiger partial charge on any atom is -0.496 e. The van der Waals surface area contributed by atoms with E-state index in [2.05, 4.69) is 21.2 Å². The van der Waals surface area contributed by atoms with Gasteiger partial charge in [0.05, 0.1) is 12.0 Å². The van der Waals surface area contributed by atoms with Gasteiger partial charge in [0, 0.05) is 36.1 Å². The van der Waals surface area contributed by atoms with E-state index in [4.69, 9.17) is 4.74 Å². The number of hydrogen-bond acceptors (Lipinski definition) is 4. The molecule has 0 aliphatic heterocycles. The number of rotatable bonds is 6. The van der Waals surface area contributed by atoms with Crippen LogP contribution < -0.4 is 10.1 Å². The van der Waals surface area contributed by atoms with Gasteiger partial charge in [-0.05, 0) is 6.07 Å². The Balaban J connectivity index is 0.00000256. The van der Waals surface area contributed by atoms with Gasteiger partial charge in [-0.15, -0.1) is 17.0 Å². The van der Waals surface area contributed by atoms with Gasteiger partial charge in [0.2, 0.25) is 0 Å². The van der Waals surface area contributed by atoms with E-state index in [1.54, 1.807) is 13.2 Å². The van der Waals surface area contributed by atoms with E-state index < -0.39 is 4.92 Å². The molecule has 0 spiro atoms. The van der Waals surface area contributed by atoms with Crippen LogP contribution in [0.25, 0.3) is 0 Å². The van der Waals surface area contributed by atoms with Gasteiger partial charge in [-0.25, -0.2) is 0 Å². The fourth-order valence-corrected chi connectivity index (χ4v) is 1.59. The summed E-state index contributed by atoms with van der Waals surface area (Å²) < 4.78 is 5.14. The molecule has 1 rings (SSSR count). The van der Waals surface area contributed by atoms with Crippen LogP contribution in [-0.4, -0.2) is 23.9 Å². The van der Waals surface area contributed by atoms with E-state index in [0.717, 1.165) is 17.4 Å². The maximum atomic E-state index is 10.6. The molecule has 0 heterocycles. The molecule has 0 amide bonds. The molecule has 0 saturated carbocycles. The number of methoxy groups -OCH3 is 1. The molecule has 96 valence electrons. The number of ether oxygens (including phenoxy) is 1. The summed E-state index contributed by atoms with van der Waals surface area (Å²) in [6.45, 7) is 1.35. The van der Waals surface area contributed by atoms with Crippen LogP contribution in [-0.2, 0) is 6.54 Å². The highest BCUT2D eigenvalue weighted by Gasteiger charge is 2.10. The third-order valence-electron chi connectivity index (χ3n) is 2.06. The molecule has 17 heavy (non-hydrogen) atoms. The van der Waals surface area contributed by atoms with Crippen LogP contribution >= 0.6 is 32.9 Å². The van der Waals surface area contributed by atoms with Gasteiger partial charge >= 0.3 is 0 Å². The molecule has 1 N–H and O–H groups in total. The number of halogens is 2. The molecule has 0 bridgehead atoms. The van der Waals surface area contributed by atoms with Gasteiger partial charge < -0.3 is 10.1 Å². The van der Waals surface area contributed by atoms with E-state index in [9.17, 15) is 10.1 Å². The first-order valence-corrected chi connectivity index (χ1v) is 5.89. The van der Waals surface area contributed by atoms with Crippen molar-refractivity contribution in [1.29, 1.82) is 0 Å². The molecule has 0 atom stereocenters. The zero-order valence-corrected chi connectivity index (χ0v) is 12.6. The summed E-state index contributed by atoms with van der Waals surface area (Å²) in [7, 11) is 1.55. The first-order chi connectivity index (χ1) is 7.69. The maximum absolute atomic E-state index is 10.6. The highest BCUT2D eigenvalue weighted by molar-refractivity contribution is 9.09. The number of nitro benzene ring substituents is 1. The molecule has 0 fully saturated rings. The van der Waals surface area contributed by atoms with Crippen molar-refractivity contribution in [3.63, 3.8) is 0 Å². The van der Waals surface area contributed by atoms with Crippen LogP contribution in [0.5, 0.6) is 5.75 Å². The molecular weight excluding hydrogens is 356 g/mol. The summed E-state index contributed by atoms with van der Waals surface area (Å²) in [5, 5.41) is 14.6. The summed E-state index contributed by atoms with van der Waals surface area (Å²) in [6, 6.07) is 4.58. The lowest BCUT2D eigenvalue weighted by molar-refractivity contribution is -0.384. The number of nitro groups is 1. The standard InChI is InChI=1S/C10H13BrN2O3.BrH/c1-16-10-3-2-9(13(14)15)6-8(10)7-12-5-4-11;/h2-3,6,12H,4-5,7H2,1H3;1H. The SMILES string of the molecule is Br.COc1ccc([N+](=O)[O-])cc1CNCCBr. The number of non-ortho nitro benzene ring substituents is 1. The Bertz CT molecular complexity index is 375. The average Bonchev–Trinajstić information content (AvgIpc) is 2.29. The Labute approximate surface area is 119 Å². The molecule has 0 saturated heterocycles. The normalized spacial score (nSPS) is 9.53. The van der Waals surface area contributed by atoms with Crippen LogP contribution in [0.4, 0.5) is 5.69 Å². The van der Waals surface area contributed by atoms with Crippen molar-refractivity contribution in [1.82, 2.24) is 5.32 Å². The van der Waals surface area contributed by atoms with Crippen molar-refractivity contribution >= 4 is 38.6 Å². The summed E-state index contributed by atoms with van der Waals surface area (Å²) in [5.74, 6) is 0.660. The minimum absolute atomic E-state index is 0. The van der Waals surface area contributed by atoms with E-state index in [1.807, 2.05) is 0 Å². The van der Waals surface area contributed by atoms with Crippen molar-refractivity contribution in [2.45, 2.75) is 6.54 Å². The summed E-state index contributed by atoms with van der Waals surface area (Å²) in [4.78, 5) is 10.2. The minimum atomic E-state index is -0.409. The van der Waals surface area contributed by atoms with Crippen molar-refractivity contribution in [3.8, 4) is 5.75 Å². The molecule has 5 nitrogen and oxygen atoms in total. The van der Waals surface area contributed by atoms with E-state index in [1.165, 1.54) is 12.1 Å². The smallest absolute Gasteiger partial charge is 0.270 e. The number of nitrogens with one attached hydrogen (secondary N) is 1. The summed E-state index contributed by atoms with van der Waals surface area (Å²) >= 11 is 3.29. The summed E-state index contributed by atoms with van der Waals surface area (Å²) in [5.41, 5.74) is 0.870. The highest BCUT2D eigenvalue weighted by atomic mass is 79.9. The predicted molar refractivity (Wildman–Crippen MR) is 75.5 cm³/mol. The van der Waals surface area contributed by atoms with Gasteiger partial charge in [-0.1, -0.05) is 15.9 Å². The predicted octanol–water partition coefficient (Wildman–Crippen LogP) is 2.67. The molecule has 0 radical (unpaired) electrons. The molecular formula is C10H14Br2N2O3. The van der Waals surface area contributed by atoms with Crippen LogP contribution in [0.2, 0.25) is 0 Å². The van der Waals surface area contributed by atoms with E-state index in [-0.39, 0.29) is 22.7 Å². The van der Waals surface area contributed by atoms with Gasteiger partial charge in [0.15, 0.2) is 0 Å². The topological polar surface area (TPSA) is 64.4 Å². The van der Waals surface area contributed by atoms with Crippen molar-refractivity contribution in [2.75, 3.05) is 19.0 Å². The highest BCUT2D eigenvalue weighted by Crippen LogP contribution is 2.23. The molecule has 0 aromatic heterocycles. The molecule has 7 heteroatoms. The fraction of sp³-hybridized carbons (Fsp3) is 0.400. The fourth-order valence-electron chi connectivity index (χ4n) is 1.31. The third-order valence-corrected chi connectivity index (χ3v) is 2.46. The van der Waals surface area contributed by atoms with E-state index >= 15 is 0 Å². The van der Waals surface area contributed by atoms with Crippen LogP contribution in [0.15, 0.2) is 18.2 Å². The lowest BCUT2D eigenvalue weighted by Crippen LogP contribution is -2.16. The lowest BCUT2D eigenvalue weighted by Gasteiger charge is -2.08. The van der Waals surface area contributed by atoms with E-state index in [0.29, 0.717) is 12.3 Å². The monoisotopic (exact) mass is 368 g/mol. The maximum Gasteiger partial charge on any atom is 0.270 e. The zero-order chi connectivity index (χ0) is 12.0. The quantitative estimate of drug-likeness (QED) is 0.362. The van der Waals surface area contributed by atoms with Crippen LogP contribution in [0.1, 0.15) is 5.56 Å². The second-order valence-electron chi connectivity index (χ2n) is 3.12. The number of benzene rings is 1. The Morgan fingerprint density at radius 2 is 2.24 bits per heavy atom. The van der Waals surface area contributed by atoms with Crippen molar-refractivity contribution < 1.29 is 9.66 Å². The Morgan fingerprint density at radius 3 is 2.76 bits per heavy atom. The van der Waals surface area contributed by atoms with Crippen LogP contribution in [0, 0.1) is 10.1 Å². The van der Waals surface area contributed by atoms with Gasteiger partial charge in [0.25, 0.3) is 5.69 Å². The lowest BCUT2D eigenvalue weighted by atomic mass is 10.1. The van der Waals surface area contributed by atoms with Gasteiger partial charge in [0.1, 0.15) is 5.75 Å². The Morgan fingerprint density at radius 1 is 1.53 bits per heavy atom. The molecule has 0 aliphatic carbocycles. The molecule has 0 aliphatic rings. The number of hydrogen-bond donors (Lipinski definition) is 1. The van der Waals surface area contributed by atoms with Crippen molar-refractivity contribution in [3.05, 3.63) is 33.9 Å². The third kappa shape index (κ3) is 5.01. The number of nitrogens with zero attached hydrogens (tertiary/aromatic N) is 1. The molecule has 1 aromatic carbocycles. The Hall–Kier alpha value is -0.660. The van der Waals surface area contributed by atoms with Crippen molar-refractivity contribution in [2.24, 2.45) is 0 Å². The molecule has 0 unspecified atom stereocenters. The van der Waals surface area contributed by atoms with Gasteiger partial charge in [-0.3, -0.25) is 10.1 Å². The average molecular weight is 370 g/mol.